The van der Waals surface area contributed by atoms with Gasteiger partial charge in [0.05, 0.1) is 11.5 Å². The number of benzene rings is 4. The molecule has 49 heavy (non-hydrogen) atoms. The van der Waals surface area contributed by atoms with Crippen LogP contribution in [0.25, 0.3) is 44.1 Å². The summed E-state index contributed by atoms with van der Waals surface area (Å²) >= 11 is 0. The predicted molar refractivity (Wildman–Crippen MR) is 204 cm³/mol. The number of carbonyl (C=O) groups excluding carboxylic acids is 1. The van der Waals surface area contributed by atoms with Crippen molar-refractivity contribution >= 4 is 51.9 Å². The summed E-state index contributed by atoms with van der Waals surface area (Å²) in [5, 5.41) is 17.2. The molecule has 0 atom stereocenters. The average Bonchev–Trinajstić information content (AvgIpc) is 3.37. The summed E-state index contributed by atoms with van der Waals surface area (Å²) in [5.41, 5.74) is 5.67. The van der Waals surface area contributed by atoms with Crippen LogP contribution in [0.5, 0.6) is 11.5 Å². The van der Waals surface area contributed by atoms with Crippen molar-refractivity contribution in [2.24, 2.45) is 11.8 Å². The molecular formula is C43H46IrNO3Si-. The summed E-state index contributed by atoms with van der Waals surface area (Å²) < 4.78 is 6.65. The van der Waals surface area contributed by atoms with Gasteiger partial charge in [0.1, 0.15) is 13.8 Å². The molecule has 0 saturated heterocycles. The van der Waals surface area contributed by atoms with E-state index in [-0.39, 0.29) is 43.5 Å². The van der Waals surface area contributed by atoms with Crippen LogP contribution in [-0.4, -0.2) is 23.9 Å². The summed E-state index contributed by atoms with van der Waals surface area (Å²) in [6.45, 7) is 15.1. The minimum atomic E-state index is -1.78. The van der Waals surface area contributed by atoms with Crippen molar-refractivity contribution in [3.05, 3.63) is 108 Å². The molecule has 0 amide bonds. The number of allylic oxidation sites excluding steroid dienone is 2. The van der Waals surface area contributed by atoms with Gasteiger partial charge in [-0.3, -0.25) is 9.78 Å². The smallest absolute Gasteiger partial charge is 0.162 e. The van der Waals surface area contributed by atoms with E-state index >= 15 is 0 Å². The first kappa shape index (κ1) is 36.4. The van der Waals surface area contributed by atoms with E-state index in [0.717, 1.165) is 64.8 Å². The minimum Gasteiger partial charge on any atom is -0.512 e. The maximum absolute atomic E-state index is 11.7. The van der Waals surface area contributed by atoms with Gasteiger partial charge in [-0.05, 0) is 77.7 Å². The van der Waals surface area contributed by atoms with Crippen LogP contribution < -0.4 is 9.92 Å². The number of aliphatic hydroxyl groups is 1. The van der Waals surface area contributed by atoms with Crippen molar-refractivity contribution in [1.82, 2.24) is 4.98 Å². The Bertz CT molecular complexity index is 2090. The Morgan fingerprint density at radius 1 is 0.939 bits per heavy atom. The second-order valence-electron chi connectivity index (χ2n) is 13.6. The van der Waals surface area contributed by atoms with E-state index in [1.807, 2.05) is 33.9 Å². The maximum atomic E-state index is 11.7. The molecule has 4 aromatic carbocycles. The third kappa shape index (κ3) is 6.71. The Hall–Kier alpha value is -3.83. The molecule has 2 aliphatic rings. The quantitative estimate of drug-likeness (QED) is 0.0718. The Morgan fingerprint density at radius 2 is 1.61 bits per heavy atom. The number of aromatic nitrogens is 1. The van der Waals surface area contributed by atoms with Crippen LogP contribution in [0, 0.1) is 24.8 Å². The fourth-order valence-electron chi connectivity index (χ4n) is 7.43. The largest absolute Gasteiger partial charge is 0.512 e. The monoisotopic (exact) mass is 845 g/mol. The first-order valence-corrected chi connectivity index (χ1v) is 20.4. The average molecular weight is 845 g/mol. The maximum Gasteiger partial charge on any atom is 0.162 e. The first-order valence-electron chi connectivity index (χ1n) is 17.4. The standard InChI is InChI=1S/C30H22NOSi.C13H24O2.Ir/c1-18-23-10-6-4-8-19(23)15-24-29-28-21(12-13-31-29)14-22(16-25(28)32-30(18)24)27-17-20-9-5-7-11-26(20)33(27,2)3;1-5-10(6-2)12(14)9-13(15)11(7-3)8-4;/h4-14,16-17H,1-3H3;9-11,14H,5-8H2,1-4H3;/q-1;;/b;12-9-;. The van der Waals surface area contributed by atoms with Crippen molar-refractivity contribution in [2.75, 3.05) is 0 Å². The van der Waals surface area contributed by atoms with Crippen molar-refractivity contribution in [3.63, 3.8) is 0 Å². The van der Waals surface area contributed by atoms with E-state index < -0.39 is 8.07 Å². The van der Waals surface area contributed by atoms with Crippen LogP contribution in [-0.2, 0) is 24.9 Å². The van der Waals surface area contributed by atoms with Gasteiger partial charge in [0, 0.05) is 55.3 Å². The number of fused-ring (bicyclic) bond motifs is 4. The normalized spacial score (nSPS) is 14.1. The molecule has 1 radical (unpaired) electrons. The Kier molecular flexibility index (Phi) is 11.1. The third-order valence-corrected chi connectivity index (χ3v) is 14.0. The molecule has 4 nitrogen and oxygen atoms in total. The molecule has 7 rings (SSSR count). The molecule has 0 spiro atoms. The van der Waals surface area contributed by atoms with Crippen LogP contribution in [0.3, 0.4) is 0 Å². The van der Waals surface area contributed by atoms with Crippen molar-refractivity contribution in [3.8, 4) is 22.8 Å². The molecule has 0 bridgehead atoms. The molecule has 0 saturated carbocycles. The van der Waals surface area contributed by atoms with Crippen molar-refractivity contribution < 1.29 is 34.7 Å². The Balaban J connectivity index is 0.000000252. The Morgan fingerprint density at radius 3 is 2.31 bits per heavy atom. The predicted octanol–water partition coefficient (Wildman–Crippen LogP) is 11.1. The van der Waals surface area contributed by atoms with Crippen LogP contribution in [0.1, 0.15) is 70.1 Å². The van der Waals surface area contributed by atoms with E-state index in [1.54, 1.807) is 0 Å². The second-order valence-corrected chi connectivity index (χ2v) is 17.9. The van der Waals surface area contributed by atoms with Gasteiger partial charge in [-0.2, -0.15) is 0 Å². The SMILES string of the molecule is CCC(CC)C(=O)/C=C(\O)C(CC)CC.Cc1c2c([c-]c3ccccc13)-c1nccc3cc(C4=Cc5ccccc5[Si]4(C)C)cc(c13)O2.[Ir]. The number of ether oxygens (including phenoxy) is 1. The summed E-state index contributed by atoms with van der Waals surface area (Å²) in [4.78, 5) is 16.5. The van der Waals surface area contributed by atoms with Gasteiger partial charge in [-0.1, -0.05) is 106 Å². The zero-order valence-electron chi connectivity index (χ0n) is 29.6. The number of hydrogen-bond donors (Lipinski definition) is 1. The Labute approximate surface area is 305 Å². The zero-order valence-corrected chi connectivity index (χ0v) is 33.0. The van der Waals surface area contributed by atoms with Gasteiger partial charge < -0.3 is 9.84 Å². The molecule has 5 aromatic rings. The number of rotatable bonds is 8. The number of hydrogen-bond acceptors (Lipinski definition) is 4. The van der Waals surface area contributed by atoms with Crippen LogP contribution in [0.4, 0.5) is 0 Å². The topological polar surface area (TPSA) is 59.4 Å². The fraction of sp³-hybridized carbons (Fsp3) is 0.302. The van der Waals surface area contributed by atoms with Crippen molar-refractivity contribution in [2.45, 2.75) is 73.4 Å². The number of carbonyl (C=O) groups is 1. The van der Waals surface area contributed by atoms with Gasteiger partial charge in [-0.15, -0.1) is 17.5 Å². The number of aliphatic hydroxyl groups excluding tert-OH is 1. The third-order valence-electron chi connectivity index (χ3n) is 10.4. The summed E-state index contributed by atoms with van der Waals surface area (Å²) in [7, 11) is -1.78. The molecule has 1 N–H and O–H groups in total. The molecule has 255 valence electrons. The number of ketones is 1. The van der Waals surface area contributed by atoms with Gasteiger partial charge in [0.25, 0.3) is 0 Å². The van der Waals surface area contributed by atoms with E-state index in [2.05, 4.69) is 98.9 Å². The number of pyridine rings is 1. The van der Waals surface area contributed by atoms with Gasteiger partial charge in [0.2, 0.25) is 0 Å². The van der Waals surface area contributed by atoms with Gasteiger partial charge in [-0.25, -0.2) is 0 Å². The summed E-state index contributed by atoms with van der Waals surface area (Å²) in [6, 6.07) is 27.5. The molecule has 0 fully saturated rings. The van der Waals surface area contributed by atoms with Crippen LogP contribution in [0.15, 0.2) is 84.8 Å². The van der Waals surface area contributed by atoms with Gasteiger partial charge >= 0.3 is 0 Å². The first-order chi connectivity index (χ1) is 23.1. The van der Waals surface area contributed by atoms with E-state index in [9.17, 15) is 9.90 Å². The fourth-order valence-corrected chi connectivity index (χ4v) is 10.5. The summed E-state index contributed by atoms with van der Waals surface area (Å²) in [6.07, 6.45) is 9.21. The van der Waals surface area contributed by atoms with Gasteiger partial charge in [0.15, 0.2) is 5.78 Å². The molecule has 0 unspecified atom stereocenters. The van der Waals surface area contributed by atoms with Crippen LogP contribution in [0.2, 0.25) is 13.1 Å². The molecule has 2 aliphatic heterocycles. The molecular weight excluding hydrogens is 799 g/mol. The van der Waals surface area contributed by atoms with E-state index in [1.165, 1.54) is 38.4 Å². The van der Waals surface area contributed by atoms with Crippen LogP contribution >= 0.6 is 0 Å². The molecule has 3 heterocycles. The molecule has 1 aromatic heterocycles. The second kappa shape index (κ2) is 15.0. The number of aryl methyl sites for hydroxylation is 1. The van der Waals surface area contributed by atoms with E-state index in [0.29, 0.717) is 0 Å². The van der Waals surface area contributed by atoms with E-state index in [4.69, 9.17) is 9.72 Å². The molecule has 6 heteroatoms. The minimum absolute atomic E-state index is 0. The number of nitrogens with zero attached hydrogens (tertiary/aromatic N) is 1. The zero-order chi connectivity index (χ0) is 34.2. The summed E-state index contributed by atoms with van der Waals surface area (Å²) in [5.74, 6) is 2.32. The molecule has 0 aliphatic carbocycles. The van der Waals surface area contributed by atoms with Crippen molar-refractivity contribution in [1.29, 1.82) is 0 Å².